The van der Waals surface area contributed by atoms with Gasteiger partial charge in [0.25, 0.3) is 0 Å². The standard InChI is InChI=1S/C12H18ClN3O/c1-3-11(12(14)16-17)15-8(2)9-6-4-5-7-10(9)13/h4-8,11,15,17H,3H2,1-2H3,(H2,14,16)/t8-,11?/m0/s1. The van der Waals surface area contributed by atoms with Crippen LogP contribution >= 0.6 is 11.6 Å². The molecule has 4 nitrogen and oxygen atoms in total. The Morgan fingerprint density at radius 1 is 1.53 bits per heavy atom. The van der Waals surface area contributed by atoms with Gasteiger partial charge in [-0.15, -0.1) is 0 Å². The van der Waals surface area contributed by atoms with Gasteiger partial charge in [-0.3, -0.25) is 0 Å². The smallest absolute Gasteiger partial charge is 0.156 e. The summed E-state index contributed by atoms with van der Waals surface area (Å²) in [7, 11) is 0. The molecule has 0 aliphatic carbocycles. The van der Waals surface area contributed by atoms with Crippen LogP contribution in [0.3, 0.4) is 0 Å². The molecule has 0 spiro atoms. The van der Waals surface area contributed by atoms with E-state index >= 15 is 0 Å². The van der Waals surface area contributed by atoms with Gasteiger partial charge in [-0.2, -0.15) is 0 Å². The van der Waals surface area contributed by atoms with Gasteiger partial charge in [-0.05, 0) is 25.0 Å². The Morgan fingerprint density at radius 3 is 2.71 bits per heavy atom. The van der Waals surface area contributed by atoms with Crippen molar-refractivity contribution in [2.75, 3.05) is 0 Å². The molecule has 2 atom stereocenters. The minimum absolute atomic E-state index is 0.0361. The van der Waals surface area contributed by atoms with Crippen LogP contribution in [0.4, 0.5) is 0 Å². The lowest BCUT2D eigenvalue weighted by Crippen LogP contribution is -2.42. The monoisotopic (exact) mass is 255 g/mol. The van der Waals surface area contributed by atoms with E-state index in [1.54, 1.807) is 0 Å². The van der Waals surface area contributed by atoms with E-state index in [1.807, 2.05) is 38.1 Å². The molecule has 0 saturated carbocycles. The first-order valence-corrected chi connectivity index (χ1v) is 5.95. The van der Waals surface area contributed by atoms with Crippen molar-refractivity contribution in [3.05, 3.63) is 34.9 Å². The highest BCUT2D eigenvalue weighted by atomic mass is 35.5. The van der Waals surface area contributed by atoms with Gasteiger partial charge < -0.3 is 16.3 Å². The van der Waals surface area contributed by atoms with Crippen LogP contribution in [0.1, 0.15) is 31.9 Å². The van der Waals surface area contributed by atoms with Crippen LogP contribution in [0.25, 0.3) is 0 Å². The fourth-order valence-corrected chi connectivity index (χ4v) is 2.00. The summed E-state index contributed by atoms with van der Waals surface area (Å²) >= 11 is 6.11. The second-order valence-corrected chi connectivity index (χ2v) is 4.30. The maximum atomic E-state index is 8.67. The van der Waals surface area contributed by atoms with Crippen molar-refractivity contribution in [2.45, 2.75) is 32.4 Å². The number of halogens is 1. The van der Waals surface area contributed by atoms with Gasteiger partial charge in [0, 0.05) is 11.1 Å². The van der Waals surface area contributed by atoms with E-state index in [2.05, 4.69) is 10.5 Å². The Kier molecular flexibility index (Phi) is 5.25. The molecule has 4 N–H and O–H groups in total. The molecule has 17 heavy (non-hydrogen) atoms. The summed E-state index contributed by atoms with van der Waals surface area (Å²) in [4.78, 5) is 0. The van der Waals surface area contributed by atoms with Crippen molar-refractivity contribution in [2.24, 2.45) is 10.9 Å². The second-order valence-electron chi connectivity index (χ2n) is 3.90. The van der Waals surface area contributed by atoms with E-state index in [1.165, 1.54) is 0 Å². The van der Waals surface area contributed by atoms with E-state index in [9.17, 15) is 0 Å². The average Bonchev–Trinajstić information content (AvgIpc) is 2.35. The zero-order valence-corrected chi connectivity index (χ0v) is 10.8. The molecule has 94 valence electrons. The van der Waals surface area contributed by atoms with Crippen LogP contribution in [0.5, 0.6) is 0 Å². The minimum atomic E-state index is -0.161. The molecule has 0 aliphatic heterocycles. The van der Waals surface area contributed by atoms with Crippen molar-refractivity contribution >= 4 is 17.4 Å². The summed E-state index contributed by atoms with van der Waals surface area (Å²) in [6.45, 7) is 3.96. The molecule has 0 saturated heterocycles. The quantitative estimate of drug-likeness (QED) is 0.328. The van der Waals surface area contributed by atoms with Gasteiger partial charge in [0.1, 0.15) is 0 Å². The molecular weight excluding hydrogens is 238 g/mol. The molecule has 0 bridgehead atoms. The van der Waals surface area contributed by atoms with Crippen molar-refractivity contribution < 1.29 is 5.21 Å². The number of amidine groups is 1. The Hall–Kier alpha value is -1.26. The number of nitrogens with zero attached hydrogens (tertiary/aromatic N) is 1. The van der Waals surface area contributed by atoms with Crippen LogP contribution in [0.2, 0.25) is 5.02 Å². The molecule has 0 amide bonds. The number of nitrogens with one attached hydrogen (secondary N) is 1. The van der Waals surface area contributed by atoms with E-state index in [0.29, 0.717) is 5.02 Å². The molecule has 5 heteroatoms. The molecule has 0 radical (unpaired) electrons. The predicted octanol–water partition coefficient (Wildman–Crippen LogP) is 2.52. The first kappa shape index (κ1) is 13.8. The zero-order valence-electron chi connectivity index (χ0n) is 10.0. The fraction of sp³-hybridized carbons (Fsp3) is 0.417. The number of benzene rings is 1. The van der Waals surface area contributed by atoms with Gasteiger partial charge in [0.2, 0.25) is 0 Å². The SMILES string of the molecule is CCC(N[C@@H](C)c1ccccc1Cl)/C(N)=N/O. The summed E-state index contributed by atoms with van der Waals surface area (Å²) in [6.07, 6.45) is 0.741. The number of oxime groups is 1. The fourth-order valence-electron chi connectivity index (χ4n) is 1.70. The normalized spacial score (nSPS) is 15.6. The van der Waals surface area contributed by atoms with Gasteiger partial charge in [0.15, 0.2) is 5.84 Å². The van der Waals surface area contributed by atoms with Gasteiger partial charge in [-0.25, -0.2) is 0 Å². The third kappa shape index (κ3) is 3.61. The van der Waals surface area contributed by atoms with Crippen molar-refractivity contribution in [3.63, 3.8) is 0 Å². The predicted molar refractivity (Wildman–Crippen MR) is 70.5 cm³/mol. The Labute approximate surface area is 106 Å². The maximum absolute atomic E-state index is 8.67. The van der Waals surface area contributed by atoms with Gasteiger partial charge in [0.05, 0.1) is 6.04 Å². The van der Waals surface area contributed by atoms with Crippen LogP contribution in [0, 0.1) is 0 Å². The molecular formula is C12H18ClN3O. The average molecular weight is 256 g/mol. The van der Waals surface area contributed by atoms with Crippen LogP contribution in [-0.4, -0.2) is 17.1 Å². The summed E-state index contributed by atoms with van der Waals surface area (Å²) < 4.78 is 0. The third-order valence-electron chi connectivity index (χ3n) is 2.70. The molecule has 0 aliphatic rings. The number of nitrogens with two attached hydrogens (primary N) is 1. The lowest BCUT2D eigenvalue weighted by Gasteiger charge is -2.22. The maximum Gasteiger partial charge on any atom is 0.156 e. The van der Waals surface area contributed by atoms with E-state index in [-0.39, 0.29) is 17.9 Å². The Bertz CT molecular complexity index is 395. The lowest BCUT2D eigenvalue weighted by atomic mass is 10.1. The second kappa shape index (κ2) is 6.47. The Balaban J connectivity index is 2.78. The van der Waals surface area contributed by atoms with E-state index < -0.39 is 0 Å². The van der Waals surface area contributed by atoms with Crippen LogP contribution in [-0.2, 0) is 0 Å². The minimum Gasteiger partial charge on any atom is -0.409 e. The van der Waals surface area contributed by atoms with Gasteiger partial charge >= 0.3 is 0 Å². The number of hydrogen-bond acceptors (Lipinski definition) is 3. The van der Waals surface area contributed by atoms with Crippen molar-refractivity contribution in [3.8, 4) is 0 Å². The summed E-state index contributed by atoms with van der Waals surface area (Å²) in [6, 6.07) is 7.50. The van der Waals surface area contributed by atoms with Crippen LogP contribution in [0.15, 0.2) is 29.4 Å². The Morgan fingerprint density at radius 2 is 2.18 bits per heavy atom. The largest absolute Gasteiger partial charge is 0.409 e. The number of hydrogen-bond donors (Lipinski definition) is 3. The molecule has 0 heterocycles. The molecule has 1 aromatic carbocycles. The highest BCUT2D eigenvalue weighted by molar-refractivity contribution is 6.31. The summed E-state index contributed by atoms with van der Waals surface area (Å²) in [5.41, 5.74) is 6.60. The highest BCUT2D eigenvalue weighted by Gasteiger charge is 2.16. The third-order valence-corrected chi connectivity index (χ3v) is 3.05. The van der Waals surface area contributed by atoms with Gasteiger partial charge in [-0.1, -0.05) is 41.9 Å². The van der Waals surface area contributed by atoms with E-state index in [0.717, 1.165) is 12.0 Å². The highest BCUT2D eigenvalue weighted by Crippen LogP contribution is 2.22. The molecule has 0 aromatic heterocycles. The van der Waals surface area contributed by atoms with Crippen LogP contribution < -0.4 is 11.1 Å². The topological polar surface area (TPSA) is 70.6 Å². The summed E-state index contributed by atoms with van der Waals surface area (Å²) in [5, 5.41) is 15.7. The lowest BCUT2D eigenvalue weighted by molar-refractivity contribution is 0.313. The number of rotatable bonds is 5. The van der Waals surface area contributed by atoms with E-state index in [4.69, 9.17) is 22.5 Å². The molecule has 1 aromatic rings. The van der Waals surface area contributed by atoms with Crippen molar-refractivity contribution in [1.29, 1.82) is 0 Å². The first-order valence-electron chi connectivity index (χ1n) is 5.58. The molecule has 0 fully saturated rings. The molecule has 1 rings (SSSR count). The van der Waals surface area contributed by atoms with Crippen molar-refractivity contribution in [1.82, 2.24) is 5.32 Å². The zero-order chi connectivity index (χ0) is 12.8. The first-order chi connectivity index (χ1) is 8.10. The summed E-state index contributed by atoms with van der Waals surface area (Å²) in [5.74, 6) is 0.186. The molecule has 1 unspecified atom stereocenters.